The van der Waals surface area contributed by atoms with Crippen LogP contribution in [-0.4, -0.2) is 10.9 Å². The zero-order chi connectivity index (χ0) is 14.5. The summed E-state index contributed by atoms with van der Waals surface area (Å²) in [5.41, 5.74) is 1.42. The molecule has 0 fully saturated rings. The summed E-state index contributed by atoms with van der Waals surface area (Å²) in [6, 6.07) is 12.7. The van der Waals surface area contributed by atoms with Crippen molar-refractivity contribution in [1.29, 1.82) is 0 Å². The third kappa shape index (κ3) is 3.81. The van der Waals surface area contributed by atoms with Gasteiger partial charge in [0, 0.05) is 5.02 Å². The molecule has 5 heteroatoms. The summed E-state index contributed by atoms with van der Waals surface area (Å²) in [6.45, 7) is 2.02. The molecule has 3 nitrogen and oxygen atoms in total. The monoisotopic (exact) mass is 352 g/mol. The first-order valence-electron chi connectivity index (χ1n) is 6.29. The van der Waals surface area contributed by atoms with Crippen LogP contribution in [0.5, 0.6) is 0 Å². The molecule has 0 saturated heterocycles. The minimum Gasteiger partial charge on any atom is -0.344 e. The Morgan fingerprint density at radius 1 is 1.30 bits per heavy atom. The van der Waals surface area contributed by atoms with Crippen molar-refractivity contribution in [1.82, 2.24) is 10.3 Å². The maximum absolute atomic E-state index is 12.2. The number of nitrogens with zero attached hydrogens (tertiary/aromatic N) is 1. The molecule has 1 N–H and O–H groups in total. The van der Waals surface area contributed by atoms with Crippen molar-refractivity contribution in [2.75, 3.05) is 0 Å². The molecular weight excluding hydrogens is 340 g/mol. The van der Waals surface area contributed by atoms with E-state index in [2.05, 4.69) is 26.2 Å². The smallest absolute Gasteiger partial charge is 0.270 e. The quantitative estimate of drug-likeness (QED) is 0.829. The Morgan fingerprint density at radius 2 is 2.00 bits per heavy atom. The van der Waals surface area contributed by atoms with Crippen LogP contribution in [0.1, 0.15) is 35.4 Å². The van der Waals surface area contributed by atoms with Gasteiger partial charge in [-0.1, -0.05) is 36.7 Å². The van der Waals surface area contributed by atoms with Crippen LogP contribution < -0.4 is 5.32 Å². The van der Waals surface area contributed by atoms with Crippen molar-refractivity contribution in [3.05, 3.63) is 63.3 Å². The van der Waals surface area contributed by atoms with Gasteiger partial charge in [0.15, 0.2) is 0 Å². The van der Waals surface area contributed by atoms with E-state index in [1.165, 1.54) is 0 Å². The van der Waals surface area contributed by atoms with Crippen molar-refractivity contribution >= 4 is 33.4 Å². The highest BCUT2D eigenvalue weighted by atomic mass is 79.9. The first-order chi connectivity index (χ1) is 9.60. The second-order valence-corrected chi connectivity index (χ2v) is 5.58. The maximum atomic E-state index is 12.2. The molecule has 0 bridgehead atoms. The van der Waals surface area contributed by atoms with Gasteiger partial charge >= 0.3 is 0 Å². The number of benzene rings is 1. The highest BCUT2D eigenvalue weighted by molar-refractivity contribution is 9.10. The third-order valence-electron chi connectivity index (χ3n) is 2.93. The molecule has 2 rings (SSSR count). The van der Waals surface area contributed by atoms with Crippen LogP contribution in [0.4, 0.5) is 0 Å². The molecule has 2 aromatic rings. The first kappa shape index (κ1) is 15.0. The highest BCUT2D eigenvalue weighted by Crippen LogP contribution is 2.19. The maximum Gasteiger partial charge on any atom is 0.270 e. The Balaban J connectivity index is 2.14. The van der Waals surface area contributed by atoms with Crippen molar-refractivity contribution < 1.29 is 4.79 Å². The molecule has 1 aromatic heterocycles. The number of carbonyl (C=O) groups is 1. The van der Waals surface area contributed by atoms with Gasteiger partial charge in [-0.05, 0) is 52.2 Å². The highest BCUT2D eigenvalue weighted by Gasteiger charge is 2.15. The van der Waals surface area contributed by atoms with E-state index in [-0.39, 0.29) is 11.9 Å². The fourth-order valence-electron chi connectivity index (χ4n) is 1.88. The van der Waals surface area contributed by atoms with Gasteiger partial charge in [0.2, 0.25) is 0 Å². The van der Waals surface area contributed by atoms with Gasteiger partial charge in [0.05, 0.1) is 6.04 Å². The normalized spacial score (nSPS) is 11.9. The summed E-state index contributed by atoms with van der Waals surface area (Å²) in [5, 5.41) is 3.66. The van der Waals surface area contributed by atoms with Crippen LogP contribution in [0.25, 0.3) is 0 Å². The molecule has 20 heavy (non-hydrogen) atoms. The van der Waals surface area contributed by atoms with Gasteiger partial charge in [0.25, 0.3) is 5.91 Å². The predicted molar refractivity (Wildman–Crippen MR) is 83.9 cm³/mol. The van der Waals surface area contributed by atoms with Crippen LogP contribution in [-0.2, 0) is 0 Å². The number of hydrogen-bond acceptors (Lipinski definition) is 2. The van der Waals surface area contributed by atoms with E-state index >= 15 is 0 Å². The molecule has 0 aliphatic heterocycles. The number of carbonyl (C=O) groups excluding carboxylic acids is 1. The van der Waals surface area contributed by atoms with E-state index < -0.39 is 0 Å². The van der Waals surface area contributed by atoms with Crippen LogP contribution in [0, 0.1) is 0 Å². The summed E-state index contributed by atoms with van der Waals surface area (Å²) >= 11 is 9.14. The van der Waals surface area contributed by atoms with Crippen LogP contribution in [0.2, 0.25) is 5.02 Å². The number of rotatable bonds is 4. The molecule has 1 unspecified atom stereocenters. The van der Waals surface area contributed by atoms with Crippen LogP contribution in [0.15, 0.2) is 47.1 Å². The van der Waals surface area contributed by atoms with Crippen molar-refractivity contribution in [3.8, 4) is 0 Å². The van der Waals surface area contributed by atoms with E-state index in [1.54, 1.807) is 18.2 Å². The Labute approximate surface area is 131 Å². The van der Waals surface area contributed by atoms with Gasteiger partial charge in [-0.2, -0.15) is 0 Å². The summed E-state index contributed by atoms with van der Waals surface area (Å²) in [6.07, 6.45) is 0.793. The van der Waals surface area contributed by atoms with Gasteiger partial charge in [0.1, 0.15) is 10.3 Å². The first-order valence-corrected chi connectivity index (χ1v) is 7.46. The number of hydrogen-bond donors (Lipinski definition) is 1. The largest absolute Gasteiger partial charge is 0.344 e. The second-order valence-electron chi connectivity index (χ2n) is 4.33. The summed E-state index contributed by atoms with van der Waals surface area (Å²) in [5.74, 6) is -0.187. The van der Waals surface area contributed by atoms with E-state index in [4.69, 9.17) is 11.6 Å². The van der Waals surface area contributed by atoms with Crippen molar-refractivity contribution in [2.45, 2.75) is 19.4 Å². The molecule has 0 saturated carbocycles. The van der Waals surface area contributed by atoms with Gasteiger partial charge in [-0.15, -0.1) is 0 Å². The number of amides is 1. The molecule has 0 spiro atoms. The van der Waals surface area contributed by atoms with Crippen molar-refractivity contribution in [3.63, 3.8) is 0 Å². The molecule has 1 aromatic carbocycles. The minimum absolute atomic E-state index is 0.0550. The van der Waals surface area contributed by atoms with Gasteiger partial charge < -0.3 is 5.32 Å². The molecule has 1 atom stereocenters. The Bertz CT molecular complexity index is 601. The Morgan fingerprint density at radius 3 is 2.60 bits per heavy atom. The zero-order valence-corrected chi connectivity index (χ0v) is 13.3. The molecular formula is C15H14BrClN2O. The lowest BCUT2D eigenvalue weighted by molar-refractivity contribution is 0.0930. The zero-order valence-electron chi connectivity index (χ0n) is 10.9. The molecule has 0 radical (unpaired) electrons. The minimum atomic E-state index is -0.187. The van der Waals surface area contributed by atoms with E-state index in [0.717, 1.165) is 12.0 Å². The van der Waals surface area contributed by atoms with E-state index in [0.29, 0.717) is 15.3 Å². The number of pyridine rings is 1. The van der Waals surface area contributed by atoms with E-state index in [1.807, 2.05) is 31.2 Å². The predicted octanol–water partition coefficient (Wildman–Crippen LogP) is 4.38. The Kier molecular flexibility index (Phi) is 5.15. The summed E-state index contributed by atoms with van der Waals surface area (Å²) in [4.78, 5) is 16.3. The van der Waals surface area contributed by atoms with Crippen LogP contribution in [0.3, 0.4) is 0 Å². The lowest BCUT2D eigenvalue weighted by atomic mass is 10.0. The summed E-state index contributed by atoms with van der Waals surface area (Å²) < 4.78 is 0.643. The third-order valence-corrected chi connectivity index (χ3v) is 3.63. The molecule has 1 heterocycles. The number of halogens is 2. The van der Waals surface area contributed by atoms with Crippen molar-refractivity contribution in [2.24, 2.45) is 0 Å². The van der Waals surface area contributed by atoms with Gasteiger partial charge in [-0.25, -0.2) is 4.98 Å². The molecule has 0 aliphatic carbocycles. The SMILES string of the molecule is CCC(NC(=O)c1cccc(Br)n1)c1ccc(Cl)cc1. The van der Waals surface area contributed by atoms with E-state index in [9.17, 15) is 4.79 Å². The second kappa shape index (κ2) is 6.86. The standard InChI is InChI=1S/C15H14BrClN2O/c1-2-12(10-6-8-11(17)9-7-10)19-15(20)13-4-3-5-14(16)18-13/h3-9,12H,2H2,1H3,(H,19,20). The summed E-state index contributed by atoms with van der Waals surface area (Å²) in [7, 11) is 0. The van der Waals surface area contributed by atoms with Gasteiger partial charge in [-0.3, -0.25) is 4.79 Å². The fraction of sp³-hybridized carbons (Fsp3) is 0.200. The average molecular weight is 354 g/mol. The Hall–Kier alpha value is -1.39. The fourth-order valence-corrected chi connectivity index (χ4v) is 2.35. The van der Waals surface area contributed by atoms with Crippen LogP contribution >= 0.6 is 27.5 Å². The molecule has 104 valence electrons. The number of aromatic nitrogens is 1. The molecule has 1 amide bonds. The topological polar surface area (TPSA) is 42.0 Å². The lowest BCUT2D eigenvalue weighted by Crippen LogP contribution is -2.28. The average Bonchev–Trinajstić information content (AvgIpc) is 2.45. The molecule has 0 aliphatic rings. The number of nitrogens with one attached hydrogen (secondary N) is 1. The lowest BCUT2D eigenvalue weighted by Gasteiger charge is -2.17.